The van der Waals surface area contributed by atoms with Crippen LogP contribution in [0.2, 0.25) is 0 Å². The van der Waals surface area contributed by atoms with Crippen LogP contribution in [0.1, 0.15) is 29.9 Å². The van der Waals surface area contributed by atoms with Crippen molar-refractivity contribution < 1.29 is 4.74 Å². The highest BCUT2D eigenvalue weighted by molar-refractivity contribution is 7.71. The van der Waals surface area contributed by atoms with E-state index in [0.29, 0.717) is 17.3 Å². The summed E-state index contributed by atoms with van der Waals surface area (Å²) in [5.41, 5.74) is 2.99. The van der Waals surface area contributed by atoms with Crippen LogP contribution in [-0.4, -0.2) is 15.7 Å². The molecule has 1 N–H and O–H groups in total. The number of H-pyrrole nitrogens is 1. The van der Waals surface area contributed by atoms with Crippen molar-refractivity contribution in [3.8, 4) is 5.69 Å². The highest BCUT2D eigenvalue weighted by Crippen LogP contribution is 2.35. The summed E-state index contributed by atoms with van der Waals surface area (Å²) in [5, 5.41) is 0.768. The van der Waals surface area contributed by atoms with Gasteiger partial charge in [-0.05, 0) is 48.3 Å². The molecular weight excluding hydrogens is 352 g/mol. The van der Waals surface area contributed by atoms with Crippen LogP contribution in [0.15, 0.2) is 29.1 Å². The molecule has 0 radical (unpaired) electrons. The van der Waals surface area contributed by atoms with E-state index in [1.165, 1.54) is 0 Å². The highest BCUT2D eigenvalue weighted by Gasteiger charge is 2.27. The maximum Gasteiger partial charge on any atom is 0.267 e. The van der Waals surface area contributed by atoms with Crippen molar-refractivity contribution in [2.24, 2.45) is 5.92 Å². The van der Waals surface area contributed by atoms with Gasteiger partial charge in [0.25, 0.3) is 5.56 Å². The van der Waals surface area contributed by atoms with Crippen LogP contribution in [0, 0.1) is 17.6 Å². The lowest BCUT2D eigenvalue weighted by atomic mass is 9.96. The first-order chi connectivity index (χ1) is 12.0. The van der Waals surface area contributed by atoms with E-state index < -0.39 is 0 Å². The molecule has 0 unspecified atom stereocenters. The summed E-state index contributed by atoms with van der Waals surface area (Å²) >= 11 is 7.07. The van der Waals surface area contributed by atoms with Crippen LogP contribution in [0.4, 0.5) is 0 Å². The number of hydrogen-bond donors (Lipinski definition) is 1. The Kier molecular flexibility index (Phi) is 4.14. The summed E-state index contributed by atoms with van der Waals surface area (Å²) in [5.74, 6) is 0.421. The second kappa shape index (κ2) is 6.20. The molecule has 2 aromatic heterocycles. The predicted octanol–water partition coefficient (Wildman–Crippen LogP) is 4.52. The molecule has 1 atom stereocenters. The Morgan fingerprint density at radius 3 is 2.92 bits per heavy atom. The van der Waals surface area contributed by atoms with Gasteiger partial charge in [0.05, 0.1) is 23.8 Å². The number of thiophene rings is 1. The smallest absolute Gasteiger partial charge is 0.267 e. The molecule has 130 valence electrons. The van der Waals surface area contributed by atoms with Gasteiger partial charge in [-0.3, -0.25) is 9.36 Å². The van der Waals surface area contributed by atoms with Crippen molar-refractivity contribution in [3.63, 3.8) is 0 Å². The molecule has 0 bridgehead atoms. The zero-order chi connectivity index (χ0) is 17.7. The Morgan fingerprint density at radius 2 is 2.20 bits per heavy atom. The van der Waals surface area contributed by atoms with Gasteiger partial charge in [-0.1, -0.05) is 26.0 Å². The van der Waals surface area contributed by atoms with E-state index in [-0.39, 0.29) is 11.7 Å². The van der Waals surface area contributed by atoms with Crippen LogP contribution < -0.4 is 5.56 Å². The van der Waals surface area contributed by atoms with Gasteiger partial charge in [0.1, 0.15) is 4.83 Å². The summed E-state index contributed by atoms with van der Waals surface area (Å²) in [4.78, 5) is 18.6. The number of rotatable bonds is 2. The fourth-order valence-corrected chi connectivity index (χ4v) is 4.89. The molecule has 0 saturated carbocycles. The molecule has 0 saturated heterocycles. The third-order valence-electron chi connectivity index (χ3n) is 4.77. The average Bonchev–Trinajstić information content (AvgIpc) is 2.92. The Bertz CT molecular complexity index is 1080. The quantitative estimate of drug-likeness (QED) is 0.673. The third-order valence-corrected chi connectivity index (χ3v) is 6.17. The minimum absolute atomic E-state index is 0.0359. The molecule has 1 aromatic carbocycles. The lowest BCUT2D eigenvalue weighted by Crippen LogP contribution is -2.28. The SMILES string of the molecule is Cc1cccc(-n2c(=S)[nH]c3sc4c(c3c2=O)C[C@H](C(C)C)OC4)c1. The Morgan fingerprint density at radius 1 is 1.40 bits per heavy atom. The molecule has 3 aromatic rings. The van der Waals surface area contributed by atoms with Crippen LogP contribution in [0.3, 0.4) is 0 Å². The highest BCUT2D eigenvalue weighted by atomic mass is 32.1. The van der Waals surface area contributed by atoms with E-state index in [1.54, 1.807) is 15.9 Å². The van der Waals surface area contributed by atoms with E-state index in [1.807, 2.05) is 31.2 Å². The molecule has 0 amide bonds. The van der Waals surface area contributed by atoms with E-state index in [0.717, 1.165) is 38.3 Å². The minimum Gasteiger partial charge on any atom is -0.372 e. The van der Waals surface area contributed by atoms with Crippen LogP contribution in [0.25, 0.3) is 15.9 Å². The molecule has 0 fully saturated rings. The number of fused-ring (bicyclic) bond motifs is 3. The van der Waals surface area contributed by atoms with Crippen molar-refractivity contribution in [2.75, 3.05) is 0 Å². The second-order valence-electron chi connectivity index (χ2n) is 6.92. The first kappa shape index (κ1) is 16.7. The first-order valence-corrected chi connectivity index (χ1v) is 9.66. The number of aryl methyl sites for hydroxylation is 1. The normalized spacial score (nSPS) is 17.2. The topological polar surface area (TPSA) is 47.0 Å². The van der Waals surface area contributed by atoms with Gasteiger partial charge >= 0.3 is 0 Å². The number of ether oxygens (including phenoxy) is 1. The molecule has 1 aliphatic heterocycles. The molecule has 4 rings (SSSR count). The van der Waals surface area contributed by atoms with Crippen LogP contribution in [-0.2, 0) is 17.8 Å². The number of benzene rings is 1. The van der Waals surface area contributed by atoms with Gasteiger partial charge in [0.2, 0.25) is 0 Å². The number of nitrogens with one attached hydrogen (secondary N) is 1. The van der Waals surface area contributed by atoms with Gasteiger partial charge < -0.3 is 9.72 Å². The monoisotopic (exact) mass is 372 g/mol. The fraction of sp³-hybridized carbons (Fsp3) is 0.368. The minimum atomic E-state index is -0.0359. The van der Waals surface area contributed by atoms with Crippen molar-refractivity contribution in [2.45, 2.75) is 39.9 Å². The Balaban J connectivity index is 1.98. The lowest BCUT2D eigenvalue weighted by molar-refractivity contribution is 0.00200. The van der Waals surface area contributed by atoms with Crippen LogP contribution in [0.5, 0.6) is 0 Å². The number of aromatic amines is 1. The van der Waals surface area contributed by atoms with Crippen molar-refractivity contribution in [1.82, 2.24) is 9.55 Å². The van der Waals surface area contributed by atoms with Gasteiger partial charge in [-0.2, -0.15) is 0 Å². The number of aromatic nitrogens is 2. The Hall–Kier alpha value is -1.76. The van der Waals surface area contributed by atoms with Gasteiger partial charge in [-0.15, -0.1) is 11.3 Å². The molecular formula is C19H20N2O2S2. The van der Waals surface area contributed by atoms with Crippen molar-refractivity contribution >= 4 is 33.8 Å². The van der Waals surface area contributed by atoms with E-state index in [9.17, 15) is 4.79 Å². The largest absolute Gasteiger partial charge is 0.372 e. The molecule has 25 heavy (non-hydrogen) atoms. The zero-order valence-corrected chi connectivity index (χ0v) is 16.1. The summed E-state index contributed by atoms with van der Waals surface area (Å²) in [6.45, 7) is 6.89. The molecule has 3 heterocycles. The first-order valence-electron chi connectivity index (χ1n) is 8.44. The van der Waals surface area contributed by atoms with E-state index in [4.69, 9.17) is 17.0 Å². The molecule has 0 spiro atoms. The standard InChI is InChI=1S/C19H20N2O2S2/c1-10(2)14-8-13-15(9-23-14)25-17-16(13)18(22)21(19(24)20-17)12-6-4-5-11(3)7-12/h4-7,10,14H,8-9H2,1-3H3,(H,20,24)/t14-/m1/s1. The van der Waals surface area contributed by atoms with Gasteiger partial charge in [-0.25, -0.2) is 0 Å². The number of hydrogen-bond acceptors (Lipinski definition) is 4. The number of nitrogens with zero attached hydrogens (tertiary/aromatic N) is 1. The molecule has 0 aliphatic carbocycles. The maximum absolute atomic E-state index is 13.3. The zero-order valence-electron chi connectivity index (χ0n) is 14.5. The van der Waals surface area contributed by atoms with Crippen LogP contribution >= 0.6 is 23.6 Å². The van der Waals surface area contributed by atoms with E-state index in [2.05, 4.69) is 18.8 Å². The molecule has 6 heteroatoms. The fourth-order valence-electron chi connectivity index (χ4n) is 3.39. The summed E-state index contributed by atoms with van der Waals surface area (Å²) in [6, 6.07) is 7.86. The second-order valence-corrected chi connectivity index (χ2v) is 8.41. The van der Waals surface area contributed by atoms with Gasteiger partial charge in [0.15, 0.2) is 4.77 Å². The summed E-state index contributed by atoms with van der Waals surface area (Å²) in [6.07, 6.45) is 0.931. The molecule has 4 nitrogen and oxygen atoms in total. The summed E-state index contributed by atoms with van der Waals surface area (Å²) < 4.78 is 8.00. The van der Waals surface area contributed by atoms with Gasteiger partial charge in [0, 0.05) is 11.3 Å². The Labute approximate surface area is 155 Å². The average molecular weight is 373 g/mol. The molecule has 1 aliphatic rings. The van der Waals surface area contributed by atoms with Crippen molar-refractivity contribution in [1.29, 1.82) is 0 Å². The third kappa shape index (κ3) is 2.78. The summed E-state index contributed by atoms with van der Waals surface area (Å²) in [7, 11) is 0. The van der Waals surface area contributed by atoms with E-state index >= 15 is 0 Å². The predicted molar refractivity (Wildman–Crippen MR) is 104 cm³/mol. The lowest BCUT2D eigenvalue weighted by Gasteiger charge is -2.26. The van der Waals surface area contributed by atoms with Crippen molar-refractivity contribution in [3.05, 3.63) is 55.4 Å². The maximum atomic E-state index is 13.3.